The van der Waals surface area contributed by atoms with E-state index in [1.807, 2.05) is 12.2 Å². The summed E-state index contributed by atoms with van der Waals surface area (Å²) in [6.45, 7) is 8.89. The predicted octanol–water partition coefficient (Wildman–Crippen LogP) is 6.29. The third-order valence-corrected chi connectivity index (χ3v) is 6.91. The first kappa shape index (κ1) is 21.9. The molecule has 4 rings (SSSR count). The molecule has 3 heteroatoms. The van der Waals surface area contributed by atoms with Crippen LogP contribution in [-0.2, 0) is 15.6 Å². The maximum Gasteiger partial charge on any atom is 0.178 e. The van der Waals surface area contributed by atoms with E-state index < -0.39 is 0 Å². The van der Waals surface area contributed by atoms with Crippen molar-refractivity contribution < 1.29 is 4.79 Å². The summed E-state index contributed by atoms with van der Waals surface area (Å²) < 4.78 is 0. The van der Waals surface area contributed by atoms with Crippen molar-refractivity contribution in [3.63, 3.8) is 0 Å². The van der Waals surface area contributed by atoms with Gasteiger partial charge in [0.25, 0.3) is 0 Å². The molecule has 0 aliphatic carbocycles. The molecule has 0 amide bonds. The summed E-state index contributed by atoms with van der Waals surface area (Å²) in [5.74, 6) is -0.0226. The molecule has 2 heterocycles. The number of carbonyl (C=O) groups is 1. The summed E-state index contributed by atoms with van der Waals surface area (Å²) in [6.07, 6.45) is 11.1. The Bertz CT molecular complexity index is 1090. The normalized spacial score (nSPS) is 21.2. The third kappa shape index (κ3) is 3.52. The van der Waals surface area contributed by atoms with Crippen LogP contribution >= 0.6 is 0 Å². The van der Waals surface area contributed by atoms with E-state index in [-0.39, 0.29) is 16.6 Å². The second-order valence-electron chi connectivity index (χ2n) is 9.63. The van der Waals surface area contributed by atoms with Crippen LogP contribution in [0.3, 0.4) is 0 Å². The molecule has 2 aromatic carbocycles. The average molecular weight is 425 g/mol. The van der Waals surface area contributed by atoms with Gasteiger partial charge in [-0.2, -0.15) is 0 Å². The van der Waals surface area contributed by atoms with Crippen LogP contribution in [0.1, 0.15) is 38.8 Å². The lowest BCUT2D eigenvalue weighted by atomic mass is 9.84. The van der Waals surface area contributed by atoms with E-state index >= 15 is 0 Å². The van der Waals surface area contributed by atoms with Gasteiger partial charge in [-0.15, -0.1) is 0 Å². The zero-order valence-corrected chi connectivity index (χ0v) is 19.9. The Morgan fingerprint density at radius 2 is 1.06 bits per heavy atom. The molecule has 2 aliphatic rings. The first-order chi connectivity index (χ1) is 15.2. The number of carbonyl (C=O) groups excluding carboxylic acids is 1. The second kappa shape index (κ2) is 7.98. The summed E-state index contributed by atoms with van der Waals surface area (Å²) in [5, 5.41) is 0. The number of para-hydroxylation sites is 2. The Kier molecular flexibility index (Phi) is 5.46. The Hall–Kier alpha value is -3.33. The van der Waals surface area contributed by atoms with E-state index in [1.165, 1.54) is 33.9 Å². The number of anilines is 2. The van der Waals surface area contributed by atoms with Crippen molar-refractivity contribution in [1.29, 1.82) is 0 Å². The molecule has 0 bridgehead atoms. The highest BCUT2D eigenvalue weighted by Crippen LogP contribution is 2.47. The molecule has 0 aromatic heterocycles. The summed E-state index contributed by atoms with van der Waals surface area (Å²) >= 11 is 0. The fraction of sp³-hybridized carbons (Fsp3) is 0.276. The van der Waals surface area contributed by atoms with Crippen molar-refractivity contribution >= 4 is 17.2 Å². The summed E-state index contributed by atoms with van der Waals surface area (Å²) in [7, 11) is 4.16. The van der Waals surface area contributed by atoms with Crippen LogP contribution in [0, 0.1) is 0 Å². The monoisotopic (exact) mass is 424 g/mol. The van der Waals surface area contributed by atoms with Crippen LogP contribution in [0.25, 0.3) is 0 Å². The van der Waals surface area contributed by atoms with E-state index in [0.29, 0.717) is 0 Å². The molecule has 0 fully saturated rings. The summed E-state index contributed by atoms with van der Waals surface area (Å²) in [6, 6.07) is 16.9. The van der Waals surface area contributed by atoms with Gasteiger partial charge in [0, 0.05) is 47.7 Å². The molecular weight excluding hydrogens is 392 g/mol. The Morgan fingerprint density at radius 3 is 1.44 bits per heavy atom. The quantitative estimate of drug-likeness (QED) is 0.539. The molecule has 164 valence electrons. The molecule has 0 saturated heterocycles. The van der Waals surface area contributed by atoms with Gasteiger partial charge in [0.2, 0.25) is 0 Å². The molecule has 0 N–H and O–H groups in total. The second-order valence-corrected chi connectivity index (χ2v) is 9.63. The standard InChI is InChI=1S/C29H32N2O/c1-28(2)22-15-7-9-17-24(22)30(5)26(28)19-11-13-21(32)14-12-20-27-29(3,4)23-16-8-10-18-25(23)31(27)6/h7-20H,1-6H3/b13-11+,14-12+,26-19-,27-20+. The minimum atomic E-state index is -0.0906. The largest absolute Gasteiger partial charge is 0.347 e. The fourth-order valence-corrected chi connectivity index (χ4v) is 5.13. The van der Waals surface area contributed by atoms with Crippen molar-refractivity contribution in [3.05, 3.63) is 108 Å². The minimum Gasteiger partial charge on any atom is -0.347 e. The number of ketones is 1. The van der Waals surface area contributed by atoms with Gasteiger partial charge in [-0.1, -0.05) is 76.2 Å². The maximum atomic E-state index is 12.5. The molecule has 32 heavy (non-hydrogen) atoms. The smallest absolute Gasteiger partial charge is 0.178 e. The van der Waals surface area contributed by atoms with Gasteiger partial charge in [-0.05, 0) is 47.6 Å². The Balaban J connectivity index is 1.48. The molecule has 0 unspecified atom stereocenters. The number of likely N-dealkylation sites (N-methyl/N-ethyl adjacent to an activating group) is 2. The third-order valence-electron chi connectivity index (χ3n) is 6.91. The number of hydrogen-bond donors (Lipinski definition) is 0. The molecule has 3 nitrogen and oxygen atoms in total. The zero-order valence-electron chi connectivity index (χ0n) is 19.9. The topological polar surface area (TPSA) is 23.6 Å². The van der Waals surface area contributed by atoms with Gasteiger partial charge in [0.1, 0.15) is 0 Å². The van der Waals surface area contributed by atoms with Crippen molar-refractivity contribution in [2.45, 2.75) is 38.5 Å². The highest BCUT2D eigenvalue weighted by atomic mass is 16.1. The van der Waals surface area contributed by atoms with Crippen LogP contribution in [0.4, 0.5) is 11.4 Å². The van der Waals surface area contributed by atoms with Gasteiger partial charge in [-0.3, -0.25) is 4.79 Å². The van der Waals surface area contributed by atoms with E-state index in [9.17, 15) is 4.79 Å². The van der Waals surface area contributed by atoms with Crippen LogP contribution in [0.5, 0.6) is 0 Å². The van der Waals surface area contributed by atoms with Gasteiger partial charge in [0.05, 0.1) is 0 Å². The number of hydrogen-bond acceptors (Lipinski definition) is 3. The lowest BCUT2D eigenvalue weighted by Gasteiger charge is -2.23. The first-order valence-corrected chi connectivity index (χ1v) is 11.1. The number of nitrogens with zero attached hydrogens (tertiary/aromatic N) is 2. The Labute approximate surface area is 192 Å². The maximum absolute atomic E-state index is 12.5. The molecule has 0 atom stereocenters. The van der Waals surface area contributed by atoms with E-state index in [0.717, 1.165) is 0 Å². The van der Waals surface area contributed by atoms with Crippen LogP contribution in [0.2, 0.25) is 0 Å². The lowest BCUT2D eigenvalue weighted by molar-refractivity contribution is -0.110. The van der Waals surface area contributed by atoms with Gasteiger partial charge >= 0.3 is 0 Å². The Morgan fingerprint density at radius 1 is 0.688 bits per heavy atom. The van der Waals surface area contributed by atoms with Gasteiger partial charge in [0.15, 0.2) is 5.78 Å². The SMILES string of the molecule is CN1/C(=C\C=C\C(=O)/C=C/C=C2/N(C)c3ccccc3C2(C)C)C(C)(C)c2ccccc21. The zero-order chi connectivity index (χ0) is 23.1. The van der Waals surface area contributed by atoms with E-state index in [4.69, 9.17) is 0 Å². The number of fused-ring (bicyclic) bond motifs is 2. The highest BCUT2D eigenvalue weighted by molar-refractivity contribution is 5.99. The molecule has 2 aliphatic heterocycles. The molecule has 0 radical (unpaired) electrons. The van der Waals surface area contributed by atoms with Crippen LogP contribution in [0.15, 0.2) is 96.4 Å². The van der Waals surface area contributed by atoms with Crippen molar-refractivity contribution in [1.82, 2.24) is 0 Å². The molecular formula is C29H32N2O. The molecule has 0 spiro atoms. The van der Waals surface area contributed by atoms with E-state index in [2.05, 4.69) is 112 Å². The highest BCUT2D eigenvalue weighted by Gasteiger charge is 2.38. The minimum absolute atomic E-state index is 0.0226. The van der Waals surface area contributed by atoms with Crippen LogP contribution < -0.4 is 9.80 Å². The van der Waals surface area contributed by atoms with Crippen molar-refractivity contribution in [3.8, 4) is 0 Å². The summed E-state index contributed by atoms with van der Waals surface area (Å²) in [5.41, 5.74) is 7.24. The summed E-state index contributed by atoms with van der Waals surface area (Å²) in [4.78, 5) is 16.9. The average Bonchev–Trinajstić information content (AvgIpc) is 3.08. The fourth-order valence-electron chi connectivity index (χ4n) is 5.13. The predicted molar refractivity (Wildman–Crippen MR) is 135 cm³/mol. The molecule has 2 aromatic rings. The first-order valence-electron chi connectivity index (χ1n) is 11.1. The van der Waals surface area contributed by atoms with Crippen molar-refractivity contribution in [2.24, 2.45) is 0 Å². The van der Waals surface area contributed by atoms with Crippen molar-refractivity contribution in [2.75, 3.05) is 23.9 Å². The lowest BCUT2D eigenvalue weighted by Crippen LogP contribution is -2.22. The number of rotatable bonds is 4. The number of benzene rings is 2. The van der Waals surface area contributed by atoms with E-state index in [1.54, 1.807) is 12.2 Å². The van der Waals surface area contributed by atoms with Crippen LogP contribution in [-0.4, -0.2) is 19.9 Å². The number of allylic oxidation sites excluding steroid dienone is 8. The van der Waals surface area contributed by atoms with Gasteiger partial charge < -0.3 is 9.80 Å². The van der Waals surface area contributed by atoms with Gasteiger partial charge in [-0.25, -0.2) is 0 Å². The molecule has 0 saturated carbocycles.